The molecule has 0 unspecified atom stereocenters. The number of rotatable bonds is 11. The summed E-state index contributed by atoms with van der Waals surface area (Å²) < 4.78 is 4.92. The van der Waals surface area contributed by atoms with Gasteiger partial charge in [0.1, 0.15) is 11.6 Å². The van der Waals surface area contributed by atoms with Gasteiger partial charge in [0.2, 0.25) is 0 Å². The highest BCUT2D eigenvalue weighted by atomic mass is 16.5. The zero-order valence-electron chi connectivity index (χ0n) is 10.6. The third-order valence-electron chi connectivity index (χ3n) is 2.54. The SMILES string of the molecule is COCCCCC(=O)CCCCCC(C)=O. The highest BCUT2D eigenvalue weighted by Gasteiger charge is 2.02. The van der Waals surface area contributed by atoms with Crippen LogP contribution in [-0.4, -0.2) is 25.3 Å². The molecule has 0 aromatic carbocycles. The Morgan fingerprint density at radius 1 is 0.875 bits per heavy atom. The zero-order valence-corrected chi connectivity index (χ0v) is 10.6. The molecule has 3 heteroatoms. The first-order chi connectivity index (χ1) is 7.66. The van der Waals surface area contributed by atoms with Gasteiger partial charge in [-0.25, -0.2) is 0 Å². The van der Waals surface area contributed by atoms with E-state index >= 15 is 0 Å². The highest BCUT2D eigenvalue weighted by Crippen LogP contribution is 2.07. The normalized spacial score (nSPS) is 10.4. The first-order valence-electron chi connectivity index (χ1n) is 6.17. The first kappa shape index (κ1) is 15.3. The quantitative estimate of drug-likeness (QED) is 0.511. The molecule has 0 saturated carbocycles. The van der Waals surface area contributed by atoms with Crippen LogP contribution in [0.5, 0.6) is 0 Å². The molecule has 16 heavy (non-hydrogen) atoms. The van der Waals surface area contributed by atoms with Crippen molar-refractivity contribution < 1.29 is 14.3 Å². The van der Waals surface area contributed by atoms with E-state index in [9.17, 15) is 9.59 Å². The molecule has 0 heterocycles. The van der Waals surface area contributed by atoms with Crippen LogP contribution < -0.4 is 0 Å². The smallest absolute Gasteiger partial charge is 0.132 e. The monoisotopic (exact) mass is 228 g/mol. The molecule has 0 aliphatic heterocycles. The second-order valence-corrected chi connectivity index (χ2v) is 4.25. The Balaban J connectivity index is 3.20. The number of ketones is 2. The minimum absolute atomic E-state index is 0.242. The first-order valence-corrected chi connectivity index (χ1v) is 6.17. The molecular weight excluding hydrogens is 204 g/mol. The lowest BCUT2D eigenvalue weighted by Crippen LogP contribution is -1.99. The molecule has 94 valence electrons. The fourth-order valence-corrected chi connectivity index (χ4v) is 1.57. The molecule has 0 N–H and O–H groups in total. The van der Waals surface area contributed by atoms with Gasteiger partial charge < -0.3 is 9.53 Å². The van der Waals surface area contributed by atoms with Gasteiger partial charge in [-0.3, -0.25) is 4.79 Å². The Bertz CT molecular complexity index is 199. The molecule has 3 nitrogen and oxygen atoms in total. The van der Waals surface area contributed by atoms with Gasteiger partial charge >= 0.3 is 0 Å². The van der Waals surface area contributed by atoms with Crippen molar-refractivity contribution in [1.82, 2.24) is 0 Å². The third kappa shape index (κ3) is 11.4. The molecule has 0 aromatic rings. The molecular formula is C13H24O3. The minimum atomic E-state index is 0.242. The maximum atomic E-state index is 11.4. The maximum absolute atomic E-state index is 11.4. The van der Waals surface area contributed by atoms with Crippen molar-refractivity contribution in [2.45, 2.75) is 58.3 Å². The largest absolute Gasteiger partial charge is 0.385 e. The number of methoxy groups -OCH3 is 1. The lowest BCUT2D eigenvalue weighted by Gasteiger charge is -2.01. The number of hydrogen-bond donors (Lipinski definition) is 0. The van der Waals surface area contributed by atoms with E-state index in [0.29, 0.717) is 25.0 Å². The summed E-state index contributed by atoms with van der Waals surface area (Å²) in [5, 5.41) is 0. The number of unbranched alkanes of at least 4 members (excludes halogenated alkanes) is 3. The van der Waals surface area contributed by atoms with Gasteiger partial charge in [0.05, 0.1) is 0 Å². The Morgan fingerprint density at radius 2 is 1.44 bits per heavy atom. The van der Waals surface area contributed by atoms with Crippen LogP contribution in [0.2, 0.25) is 0 Å². The topological polar surface area (TPSA) is 43.4 Å². The summed E-state index contributed by atoms with van der Waals surface area (Å²) in [5.74, 6) is 0.588. The molecule has 0 fully saturated rings. The van der Waals surface area contributed by atoms with Gasteiger partial charge in [-0.05, 0) is 32.6 Å². The average molecular weight is 228 g/mol. The van der Waals surface area contributed by atoms with Gasteiger partial charge in [0, 0.05) is 33.0 Å². The van der Waals surface area contributed by atoms with E-state index in [2.05, 4.69) is 0 Å². The Kier molecular flexibility index (Phi) is 10.3. The molecule has 0 rings (SSSR count). The Morgan fingerprint density at radius 3 is 2.00 bits per heavy atom. The summed E-state index contributed by atoms with van der Waals surface area (Å²) in [6.07, 6.45) is 6.74. The number of carbonyl (C=O) groups is 2. The number of Topliss-reactive ketones (excluding diaryl/α,β-unsaturated/α-hetero) is 2. The summed E-state index contributed by atoms with van der Waals surface area (Å²) >= 11 is 0. The van der Waals surface area contributed by atoms with Crippen molar-refractivity contribution in [3.05, 3.63) is 0 Å². The van der Waals surface area contributed by atoms with Crippen LogP contribution in [0.4, 0.5) is 0 Å². The molecule has 0 amide bonds. The van der Waals surface area contributed by atoms with Crippen LogP contribution in [0.25, 0.3) is 0 Å². The second kappa shape index (κ2) is 10.8. The Labute approximate surface area is 98.6 Å². The zero-order chi connectivity index (χ0) is 12.2. The van der Waals surface area contributed by atoms with Crippen LogP contribution in [-0.2, 0) is 14.3 Å². The van der Waals surface area contributed by atoms with Gasteiger partial charge in [0.25, 0.3) is 0 Å². The van der Waals surface area contributed by atoms with E-state index in [1.165, 1.54) is 0 Å². The number of hydrogen-bond acceptors (Lipinski definition) is 3. The Hall–Kier alpha value is -0.700. The van der Waals surface area contributed by atoms with E-state index in [-0.39, 0.29) is 5.78 Å². The van der Waals surface area contributed by atoms with E-state index in [4.69, 9.17) is 4.74 Å². The average Bonchev–Trinajstić information content (AvgIpc) is 2.23. The van der Waals surface area contributed by atoms with Crippen molar-refractivity contribution in [3.8, 4) is 0 Å². The standard InChI is InChI=1S/C13H24O3/c1-12(14)8-4-3-5-9-13(15)10-6-7-11-16-2/h3-11H2,1-2H3. The molecule has 0 bridgehead atoms. The lowest BCUT2D eigenvalue weighted by atomic mass is 10.1. The van der Waals surface area contributed by atoms with Crippen LogP contribution in [0.1, 0.15) is 58.3 Å². The van der Waals surface area contributed by atoms with Crippen molar-refractivity contribution in [1.29, 1.82) is 0 Å². The number of ether oxygens (including phenoxy) is 1. The third-order valence-corrected chi connectivity index (χ3v) is 2.54. The predicted molar refractivity (Wildman–Crippen MR) is 64.5 cm³/mol. The maximum Gasteiger partial charge on any atom is 0.132 e. The van der Waals surface area contributed by atoms with Gasteiger partial charge in [-0.2, -0.15) is 0 Å². The molecule has 0 spiro atoms. The highest BCUT2D eigenvalue weighted by molar-refractivity contribution is 5.78. The number of carbonyl (C=O) groups excluding carboxylic acids is 2. The molecule has 0 saturated heterocycles. The second-order valence-electron chi connectivity index (χ2n) is 4.25. The summed E-state index contributed by atoms with van der Waals surface area (Å²) in [6.45, 7) is 2.35. The summed E-state index contributed by atoms with van der Waals surface area (Å²) in [4.78, 5) is 22.1. The van der Waals surface area contributed by atoms with Crippen LogP contribution in [0.3, 0.4) is 0 Å². The van der Waals surface area contributed by atoms with Gasteiger partial charge in [-0.1, -0.05) is 6.42 Å². The molecule has 0 aliphatic carbocycles. The van der Waals surface area contributed by atoms with Crippen molar-refractivity contribution in [3.63, 3.8) is 0 Å². The molecule has 0 radical (unpaired) electrons. The molecule has 0 aromatic heterocycles. The molecule has 0 atom stereocenters. The van der Waals surface area contributed by atoms with E-state index in [0.717, 1.165) is 38.7 Å². The summed E-state index contributed by atoms with van der Waals surface area (Å²) in [7, 11) is 1.68. The molecule has 0 aliphatic rings. The van der Waals surface area contributed by atoms with Crippen LogP contribution in [0.15, 0.2) is 0 Å². The van der Waals surface area contributed by atoms with Crippen LogP contribution >= 0.6 is 0 Å². The summed E-state index contributed by atoms with van der Waals surface area (Å²) in [6, 6.07) is 0. The van der Waals surface area contributed by atoms with Crippen molar-refractivity contribution in [2.75, 3.05) is 13.7 Å². The van der Waals surface area contributed by atoms with Crippen molar-refractivity contribution >= 4 is 11.6 Å². The fourth-order valence-electron chi connectivity index (χ4n) is 1.57. The van der Waals surface area contributed by atoms with E-state index in [1.807, 2.05) is 0 Å². The minimum Gasteiger partial charge on any atom is -0.385 e. The van der Waals surface area contributed by atoms with Crippen LogP contribution in [0, 0.1) is 0 Å². The van der Waals surface area contributed by atoms with E-state index in [1.54, 1.807) is 14.0 Å². The fraction of sp³-hybridized carbons (Fsp3) is 0.846. The predicted octanol–water partition coefficient (Wildman–Crippen LogP) is 2.91. The summed E-state index contributed by atoms with van der Waals surface area (Å²) in [5.41, 5.74) is 0. The van der Waals surface area contributed by atoms with Gasteiger partial charge in [-0.15, -0.1) is 0 Å². The van der Waals surface area contributed by atoms with Gasteiger partial charge in [0.15, 0.2) is 0 Å². The van der Waals surface area contributed by atoms with Crippen molar-refractivity contribution in [2.24, 2.45) is 0 Å². The lowest BCUT2D eigenvalue weighted by molar-refractivity contribution is -0.119. The van der Waals surface area contributed by atoms with E-state index < -0.39 is 0 Å².